The molecule has 1 aromatic carbocycles. The average Bonchev–Trinajstić information content (AvgIpc) is 2.42. The lowest BCUT2D eigenvalue weighted by molar-refractivity contribution is 0.890. The molecule has 0 aliphatic rings. The number of benzene rings is 1. The summed E-state index contributed by atoms with van der Waals surface area (Å²) in [5.74, 6) is -0.0780. The largest absolute Gasteiger partial charge is 0.378 e. The fraction of sp³-hybridized carbons (Fsp3) is 0.167. The van der Waals surface area contributed by atoms with E-state index in [4.69, 9.17) is 0 Å². The van der Waals surface area contributed by atoms with Crippen LogP contribution in [0.25, 0.3) is 0 Å². The molecule has 8 heteroatoms. The van der Waals surface area contributed by atoms with E-state index >= 15 is 0 Å². The van der Waals surface area contributed by atoms with Crippen molar-refractivity contribution in [1.82, 2.24) is 15.2 Å². The minimum atomic E-state index is -0.663. The third-order valence-corrected chi connectivity index (χ3v) is 2.50. The van der Waals surface area contributed by atoms with E-state index in [1.807, 2.05) is 48.2 Å². The zero-order valence-electron chi connectivity index (χ0n) is 11.0. The molecule has 0 atom stereocenters. The minimum Gasteiger partial charge on any atom is -0.378 e. The number of aromatic nitrogens is 3. The Kier molecular flexibility index (Phi) is 3.94. The van der Waals surface area contributed by atoms with E-state index in [9.17, 15) is 9.59 Å². The van der Waals surface area contributed by atoms with Crippen molar-refractivity contribution in [3.63, 3.8) is 0 Å². The first-order valence-electron chi connectivity index (χ1n) is 5.82. The molecule has 0 bridgehead atoms. The molecule has 0 amide bonds. The molecule has 1 aromatic heterocycles. The molecule has 0 aliphatic heterocycles. The number of anilines is 2. The first kappa shape index (κ1) is 13.5. The summed E-state index contributed by atoms with van der Waals surface area (Å²) in [4.78, 5) is 26.1. The monoisotopic (exact) mass is 274 g/mol. The van der Waals surface area contributed by atoms with E-state index < -0.39 is 11.2 Å². The first-order chi connectivity index (χ1) is 9.56. The molecule has 0 fully saturated rings. The Hall–Kier alpha value is -2.90. The minimum absolute atomic E-state index is 0.0780. The van der Waals surface area contributed by atoms with Gasteiger partial charge in [-0.3, -0.25) is 15.2 Å². The van der Waals surface area contributed by atoms with Gasteiger partial charge in [-0.15, -0.1) is 5.10 Å². The van der Waals surface area contributed by atoms with Crippen molar-refractivity contribution < 1.29 is 0 Å². The standard InChI is InChI=1S/C12H14N6O2/c1-18(2)9-5-3-8(4-6-9)7-13-15-10-11(19)14-12(20)17-16-10/h3-7H,1-2H3,(H,15,16)(H2,14,17,19,20). The molecule has 2 aromatic rings. The SMILES string of the molecule is CN(C)c1ccc(C=NNc2n[nH]c(=O)[nH]c2=O)cc1. The maximum atomic E-state index is 11.3. The van der Waals surface area contributed by atoms with Gasteiger partial charge in [0.05, 0.1) is 6.21 Å². The lowest BCUT2D eigenvalue weighted by Gasteiger charge is -2.11. The average molecular weight is 274 g/mol. The molecule has 1 heterocycles. The highest BCUT2D eigenvalue weighted by atomic mass is 16.2. The number of aromatic amines is 2. The van der Waals surface area contributed by atoms with Gasteiger partial charge in [-0.25, -0.2) is 9.89 Å². The molecule has 0 saturated heterocycles. The maximum Gasteiger partial charge on any atom is 0.342 e. The van der Waals surface area contributed by atoms with Crippen molar-refractivity contribution in [2.24, 2.45) is 5.10 Å². The Balaban J connectivity index is 2.06. The maximum absolute atomic E-state index is 11.3. The van der Waals surface area contributed by atoms with Crippen LogP contribution in [0.3, 0.4) is 0 Å². The van der Waals surface area contributed by atoms with Crippen LogP contribution >= 0.6 is 0 Å². The number of nitrogens with zero attached hydrogens (tertiary/aromatic N) is 3. The number of H-pyrrole nitrogens is 2. The molecule has 0 spiro atoms. The Labute approximate surface area is 114 Å². The second-order valence-corrected chi connectivity index (χ2v) is 4.21. The molecule has 2 rings (SSSR count). The normalized spacial score (nSPS) is 10.7. The van der Waals surface area contributed by atoms with Crippen LogP contribution in [-0.2, 0) is 0 Å². The third-order valence-electron chi connectivity index (χ3n) is 2.50. The van der Waals surface area contributed by atoms with Gasteiger partial charge in [-0.2, -0.15) is 5.10 Å². The van der Waals surface area contributed by atoms with Crippen molar-refractivity contribution >= 4 is 17.7 Å². The summed E-state index contributed by atoms with van der Waals surface area (Å²) in [6, 6.07) is 7.69. The Bertz CT molecular complexity index is 714. The summed E-state index contributed by atoms with van der Waals surface area (Å²) in [6.45, 7) is 0. The molecule has 104 valence electrons. The van der Waals surface area contributed by atoms with Crippen LogP contribution in [0.5, 0.6) is 0 Å². The smallest absolute Gasteiger partial charge is 0.342 e. The van der Waals surface area contributed by atoms with Gasteiger partial charge < -0.3 is 4.90 Å². The summed E-state index contributed by atoms with van der Waals surface area (Å²) in [5, 5.41) is 9.52. The van der Waals surface area contributed by atoms with Crippen LogP contribution in [0, 0.1) is 0 Å². The van der Waals surface area contributed by atoms with E-state index in [2.05, 4.69) is 20.7 Å². The molecule has 8 nitrogen and oxygen atoms in total. The van der Waals surface area contributed by atoms with Gasteiger partial charge in [0.15, 0.2) is 0 Å². The highest BCUT2D eigenvalue weighted by Gasteiger charge is 1.99. The second-order valence-electron chi connectivity index (χ2n) is 4.21. The van der Waals surface area contributed by atoms with Crippen LogP contribution in [0.4, 0.5) is 11.5 Å². The van der Waals surface area contributed by atoms with Crippen molar-refractivity contribution in [2.45, 2.75) is 0 Å². The summed E-state index contributed by atoms with van der Waals surface area (Å²) < 4.78 is 0. The second kappa shape index (κ2) is 5.83. The number of hydrogen-bond acceptors (Lipinski definition) is 6. The van der Waals surface area contributed by atoms with E-state index in [1.165, 1.54) is 0 Å². The van der Waals surface area contributed by atoms with Gasteiger partial charge in [-0.1, -0.05) is 12.1 Å². The van der Waals surface area contributed by atoms with Gasteiger partial charge in [0.25, 0.3) is 5.56 Å². The van der Waals surface area contributed by atoms with Gasteiger partial charge >= 0.3 is 5.69 Å². The van der Waals surface area contributed by atoms with Gasteiger partial charge in [-0.05, 0) is 17.7 Å². The molecule has 20 heavy (non-hydrogen) atoms. The lowest BCUT2D eigenvalue weighted by atomic mass is 10.2. The van der Waals surface area contributed by atoms with Crippen molar-refractivity contribution in [2.75, 3.05) is 24.4 Å². The van der Waals surface area contributed by atoms with E-state index in [0.29, 0.717) is 0 Å². The number of rotatable bonds is 4. The molecule has 0 unspecified atom stereocenters. The van der Waals surface area contributed by atoms with E-state index in [-0.39, 0.29) is 5.82 Å². The van der Waals surface area contributed by atoms with Gasteiger partial charge in [0, 0.05) is 19.8 Å². The van der Waals surface area contributed by atoms with Crippen LogP contribution in [0.15, 0.2) is 39.0 Å². The first-order valence-corrected chi connectivity index (χ1v) is 5.82. The summed E-state index contributed by atoms with van der Waals surface area (Å²) >= 11 is 0. The van der Waals surface area contributed by atoms with Gasteiger partial charge in [0.2, 0.25) is 5.82 Å². The molecule has 0 radical (unpaired) electrons. The third kappa shape index (κ3) is 3.31. The molecule has 0 aliphatic carbocycles. The van der Waals surface area contributed by atoms with Gasteiger partial charge in [0.1, 0.15) is 0 Å². The quantitative estimate of drug-likeness (QED) is 0.536. The Morgan fingerprint density at radius 3 is 2.55 bits per heavy atom. The Morgan fingerprint density at radius 1 is 1.25 bits per heavy atom. The van der Waals surface area contributed by atoms with E-state index in [1.54, 1.807) is 6.21 Å². The Morgan fingerprint density at radius 2 is 1.95 bits per heavy atom. The van der Waals surface area contributed by atoms with Crippen molar-refractivity contribution in [1.29, 1.82) is 0 Å². The molecular formula is C12H14N6O2. The molecule has 0 saturated carbocycles. The zero-order chi connectivity index (χ0) is 14.5. The fourth-order valence-electron chi connectivity index (χ4n) is 1.45. The summed E-state index contributed by atoms with van der Waals surface area (Å²) in [6.07, 6.45) is 1.55. The van der Waals surface area contributed by atoms with Crippen LogP contribution < -0.4 is 21.6 Å². The topological polar surface area (TPSA) is 106 Å². The molecular weight excluding hydrogens is 260 g/mol. The van der Waals surface area contributed by atoms with Crippen molar-refractivity contribution in [3.8, 4) is 0 Å². The lowest BCUT2D eigenvalue weighted by Crippen LogP contribution is -2.25. The zero-order valence-corrected chi connectivity index (χ0v) is 11.0. The predicted molar refractivity (Wildman–Crippen MR) is 77.5 cm³/mol. The summed E-state index contributed by atoms with van der Waals surface area (Å²) in [5.41, 5.74) is 3.11. The van der Waals surface area contributed by atoms with Crippen LogP contribution in [0.1, 0.15) is 5.56 Å². The highest BCUT2D eigenvalue weighted by molar-refractivity contribution is 5.80. The fourth-order valence-corrected chi connectivity index (χ4v) is 1.45. The number of nitrogens with one attached hydrogen (secondary N) is 3. The number of hydrazone groups is 1. The summed E-state index contributed by atoms with van der Waals surface area (Å²) in [7, 11) is 3.91. The van der Waals surface area contributed by atoms with Crippen molar-refractivity contribution in [3.05, 3.63) is 50.7 Å². The number of hydrogen-bond donors (Lipinski definition) is 3. The molecule has 3 N–H and O–H groups in total. The highest BCUT2D eigenvalue weighted by Crippen LogP contribution is 2.10. The van der Waals surface area contributed by atoms with Crippen LogP contribution in [-0.4, -0.2) is 35.5 Å². The van der Waals surface area contributed by atoms with Crippen LogP contribution in [0.2, 0.25) is 0 Å². The van der Waals surface area contributed by atoms with E-state index in [0.717, 1.165) is 11.3 Å². The predicted octanol–water partition coefficient (Wildman–Crippen LogP) is -0.0298.